The van der Waals surface area contributed by atoms with Crippen LogP contribution in [0.25, 0.3) is 0 Å². The molecule has 0 fully saturated rings. The van der Waals surface area contributed by atoms with E-state index in [1.54, 1.807) is 25.2 Å². The highest BCUT2D eigenvalue weighted by molar-refractivity contribution is 7.92. The molecule has 0 aliphatic rings. The molecule has 3 N–H and O–H groups in total. The van der Waals surface area contributed by atoms with Crippen molar-refractivity contribution in [3.8, 4) is 6.19 Å². The van der Waals surface area contributed by atoms with E-state index in [4.69, 9.17) is 11.0 Å². The first-order valence-electron chi connectivity index (χ1n) is 5.70. The van der Waals surface area contributed by atoms with Gasteiger partial charge in [0.25, 0.3) is 0 Å². The highest BCUT2D eigenvalue weighted by Crippen LogP contribution is 2.19. The van der Waals surface area contributed by atoms with Crippen LogP contribution in [0.4, 0.5) is 0 Å². The van der Waals surface area contributed by atoms with Gasteiger partial charge in [-0.2, -0.15) is 5.26 Å². The largest absolute Gasteiger partial charge is 0.369 e. The molecule has 0 amide bonds. The molecule has 7 heteroatoms. The maximum atomic E-state index is 12.3. The normalized spacial score (nSPS) is 13.6. The second kappa shape index (κ2) is 6.20. The van der Waals surface area contributed by atoms with E-state index in [2.05, 4.69) is 10.3 Å². The molecule has 0 aliphatic heterocycles. The second-order valence-electron chi connectivity index (χ2n) is 3.97. The third-order valence-electron chi connectivity index (χ3n) is 2.52. The van der Waals surface area contributed by atoms with Gasteiger partial charge in [0.05, 0.1) is 4.90 Å². The van der Waals surface area contributed by atoms with Gasteiger partial charge in [-0.3, -0.25) is 5.32 Å². The first-order valence-corrected chi connectivity index (χ1v) is 7.25. The summed E-state index contributed by atoms with van der Waals surface area (Å²) in [7, 11) is -3.60. The molecule has 6 nitrogen and oxygen atoms in total. The van der Waals surface area contributed by atoms with Gasteiger partial charge in [0.1, 0.15) is 0 Å². The number of rotatable bonds is 4. The number of hydrogen-bond donors (Lipinski definition) is 2. The zero-order chi connectivity index (χ0) is 14.5. The summed E-state index contributed by atoms with van der Waals surface area (Å²) in [4.78, 5) is 4.02. The SMILES string of the molecule is CCC(/N=C(\N)NC#N)S(=O)(=O)c1ccc(C)cc1. The predicted octanol–water partition coefficient (Wildman–Crippen LogP) is 0.890. The van der Waals surface area contributed by atoms with Crippen molar-refractivity contribution in [2.24, 2.45) is 10.7 Å². The lowest BCUT2D eigenvalue weighted by Crippen LogP contribution is -2.31. The maximum Gasteiger partial charge on any atom is 0.203 e. The Morgan fingerprint density at radius 1 is 1.47 bits per heavy atom. The van der Waals surface area contributed by atoms with Crippen LogP contribution < -0.4 is 11.1 Å². The quantitative estimate of drug-likeness (QED) is 0.368. The topological polar surface area (TPSA) is 108 Å². The van der Waals surface area contributed by atoms with Gasteiger partial charge in [-0.05, 0) is 25.5 Å². The Kier molecular flexibility index (Phi) is 4.89. The van der Waals surface area contributed by atoms with E-state index >= 15 is 0 Å². The van der Waals surface area contributed by atoms with Crippen LogP contribution in [-0.2, 0) is 9.84 Å². The molecule has 19 heavy (non-hydrogen) atoms. The molecule has 1 aromatic rings. The van der Waals surface area contributed by atoms with Gasteiger partial charge in [0.2, 0.25) is 15.8 Å². The number of guanidine groups is 1. The van der Waals surface area contributed by atoms with Crippen LogP contribution in [0, 0.1) is 18.4 Å². The number of aliphatic imine (C=N–C) groups is 1. The number of aryl methyl sites for hydroxylation is 1. The fraction of sp³-hybridized carbons (Fsp3) is 0.333. The van der Waals surface area contributed by atoms with E-state index in [1.807, 2.05) is 6.92 Å². The molecule has 0 aliphatic carbocycles. The van der Waals surface area contributed by atoms with Crippen molar-refractivity contribution in [2.45, 2.75) is 30.5 Å². The summed E-state index contributed by atoms with van der Waals surface area (Å²) in [6, 6.07) is 6.52. The number of hydrogen-bond acceptors (Lipinski definition) is 4. The van der Waals surface area contributed by atoms with Crippen molar-refractivity contribution in [3.63, 3.8) is 0 Å². The lowest BCUT2D eigenvalue weighted by atomic mass is 10.2. The van der Waals surface area contributed by atoms with E-state index in [0.717, 1.165) is 5.56 Å². The Bertz CT molecular complexity index is 600. The zero-order valence-electron chi connectivity index (χ0n) is 10.8. The lowest BCUT2D eigenvalue weighted by molar-refractivity contribution is 0.578. The van der Waals surface area contributed by atoms with Crippen LogP contribution in [0.2, 0.25) is 0 Å². The number of nitrogens with two attached hydrogens (primary N) is 1. The fourth-order valence-corrected chi connectivity index (χ4v) is 3.03. The minimum absolute atomic E-state index is 0.193. The molecule has 1 unspecified atom stereocenters. The van der Waals surface area contributed by atoms with E-state index in [1.165, 1.54) is 12.1 Å². The maximum absolute atomic E-state index is 12.3. The molecule has 0 radical (unpaired) electrons. The van der Waals surface area contributed by atoms with Gasteiger partial charge >= 0.3 is 0 Å². The molecule has 1 aromatic carbocycles. The standard InChI is InChI=1S/C12H16N4O2S/c1-3-11(16-12(14)15-8-13)19(17,18)10-6-4-9(2)5-7-10/h4-7,11H,3H2,1-2H3,(H3,14,15,16). The number of nitriles is 1. The summed E-state index contributed by atoms with van der Waals surface area (Å²) >= 11 is 0. The van der Waals surface area contributed by atoms with Crippen molar-refractivity contribution in [1.82, 2.24) is 5.32 Å². The summed E-state index contributed by atoms with van der Waals surface area (Å²) in [6.45, 7) is 3.57. The summed E-state index contributed by atoms with van der Waals surface area (Å²) in [5.74, 6) is -0.204. The summed E-state index contributed by atoms with van der Waals surface area (Å²) in [5, 5.41) is 9.51. The average Bonchev–Trinajstić information content (AvgIpc) is 2.36. The third-order valence-corrected chi connectivity index (χ3v) is 4.61. The molecule has 102 valence electrons. The molecule has 1 atom stereocenters. The van der Waals surface area contributed by atoms with E-state index in [0.29, 0.717) is 0 Å². The van der Waals surface area contributed by atoms with Gasteiger partial charge in [-0.1, -0.05) is 24.6 Å². The molecule has 0 heterocycles. The van der Waals surface area contributed by atoms with Crippen LogP contribution in [0.5, 0.6) is 0 Å². The van der Waals surface area contributed by atoms with Crippen molar-refractivity contribution in [3.05, 3.63) is 29.8 Å². The van der Waals surface area contributed by atoms with Crippen LogP contribution in [0.3, 0.4) is 0 Å². The van der Waals surface area contributed by atoms with E-state index in [9.17, 15) is 8.42 Å². The zero-order valence-corrected chi connectivity index (χ0v) is 11.6. The first-order chi connectivity index (χ1) is 8.91. The number of nitrogens with zero attached hydrogens (tertiary/aromatic N) is 2. The van der Waals surface area contributed by atoms with Gasteiger partial charge in [0, 0.05) is 0 Å². The monoisotopic (exact) mass is 280 g/mol. The Hall–Kier alpha value is -2.07. The van der Waals surface area contributed by atoms with Crippen LogP contribution in [-0.4, -0.2) is 19.8 Å². The van der Waals surface area contributed by atoms with Gasteiger partial charge in [-0.25, -0.2) is 13.4 Å². The molecule has 0 spiro atoms. The second-order valence-corrected chi connectivity index (χ2v) is 6.08. The minimum atomic E-state index is -3.60. The Labute approximate surface area is 112 Å². The molecule has 0 aromatic heterocycles. The van der Waals surface area contributed by atoms with Crippen LogP contribution in [0.15, 0.2) is 34.2 Å². The fourth-order valence-electron chi connectivity index (χ4n) is 1.51. The number of sulfone groups is 1. The van der Waals surface area contributed by atoms with Gasteiger partial charge < -0.3 is 5.73 Å². The Morgan fingerprint density at radius 3 is 2.53 bits per heavy atom. The molecular formula is C12H16N4O2S. The third kappa shape index (κ3) is 3.69. The van der Waals surface area contributed by atoms with Crippen molar-refractivity contribution >= 4 is 15.8 Å². The van der Waals surface area contributed by atoms with Crippen molar-refractivity contribution in [2.75, 3.05) is 0 Å². The van der Waals surface area contributed by atoms with Crippen molar-refractivity contribution in [1.29, 1.82) is 5.26 Å². The Morgan fingerprint density at radius 2 is 2.05 bits per heavy atom. The van der Waals surface area contributed by atoms with Gasteiger partial charge in [0.15, 0.2) is 11.6 Å². The van der Waals surface area contributed by atoms with E-state index in [-0.39, 0.29) is 17.3 Å². The average molecular weight is 280 g/mol. The smallest absolute Gasteiger partial charge is 0.203 e. The molecule has 0 saturated carbocycles. The van der Waals surface area contributed by atoms with Crippen LogP contribution >= 0.6 is 0 Å². The molecule has 1 rings (SSSR count). The summed E-state index contributed by atoms with van der Waals surface area (Å²) in [5.41, 5.74) is 6.38. The van der Waals surface area contributed by atoms with Crippen LogP contribution in [0.1, 0.15) is 18.9 Å². The first kappa shape index (κ1) is 15.0. The van der Waals surface area contributed by atoms with Crippen molar-refractivity contribution < 1.29 is 8.42 Å². The lowest BCUT2D eigenvalue weighted by Gasteiger charge is -2.12. The highest BCUT2D eigenvalue weighted by atomic mass is 32.2. The van der Waals surface area contributed by atoms with Gasteiger partial charge in [-0.15, -0.1) is 0 Å². The number of benzene rings is 1. The highest BCUT2D eigenvalue weighted by Gasteiger charge is 2.25. The summed E-state index contributed by atoms with van der Waals surface area (Å²) < 4.78 is 24.7. The predicted molar refractivity (Wildman–Crippen MR) is 72.8 cm³/mol. The minimum Gasteiger partial charge on any atom is -0.369 e. The Balaban J connectivity index is 3.13. The summed E-state index contributed by atoms with van der Waals surface area (Å²) in [6.07, 6.45) is 1.86. The molecule has 0 bridgehead atoms. The molecular weight excluding hydrogens is 264 g/mol. The van der Waals surface area contributed by atoms with E-state index < -0.39 is 15.2 Å². The molecule has 0 saturated heterocycles. The number of nitrogens with one attached hydrogen (secondary N) is 1.